The monoisotopic (exact) mass is 467 g/mol. The Morgan fingerprint density at radius 3 is 2.03 bits per heavy atom. The highest BCUT2D eigenvalue weighted by molar-refractivity contribution is 5.94. The van der Waals surface area contributed by atoms with E-state index >= 15 is 0 Å². The second kappa shape index (κ2) is 9.71. The number of carbonyl (C=O) groups excluding carboxylic acids is 2. The van der Waals surface area contributed by atoms with E-state index in [1.807, 2.05) is 0 Å². The molecule has 1 heterocycles. The van der Waals surface area contributed by atoms with E-state index in [9.17, 15) is 22.8 Å². The minimum atomic E-state index is -4.73. The highest BCUT2D eigenvalue weighted by atomic mass is 19.4. The van der Waals surface area contributed by atoms with Crippen molar-refractivity contribution >= 4 is 12.0 Å². The molecule has 7 heteroatoms. The van der Waals surface area contributed by atoms with Crippen molar-refractivity contribution in [3.63, 3.8) is 0 Å². The van der Waals surface area contributed by atoms with Gasteiger partial charge in [-0.2, -0.15) is 13.2 Å². The Morgan fingerprint density at radius 2 is 1.44 bits per heavy atom. The van der Waals surface area contributed by atoms with Crippen molar-refractivity contribution in [2.24, 2.45) is 0 Å². The normalized spacial score (nSPS) is 17.8. The Hall–Kier alpha value is -3.61. The first-order chi connectivity index (χ1) is 16.3. The lowest BCUT2D eigenvalue weighted by atomic mass is 9.72. The molecule has 4 nitrogen and oxygen atoms in total. The fourth-order valence-corrected chi connectivity index (χ4v) is 4.46. The van der Waals surface area contributed by atoms with Crippen LogP contribution in [0.25, 0.3) is 0 Å². The molecule has 0 saturated carbocycles. The van der Waals surface area contributed by atoms with Crippen molar-refractivity contribution < 1.29 is 27.5 Å². The zero-order chi connectivity index (χ0) is 24.2. The maximum atomic E-state index is 14.8. The van der Waals surface area contributed by atoms with E-state index in [1.165, 1.54) is 24.3 Å². The quantitative estimate of drug-likeness (QED) is 0.414. The van der Waals surface area contributed by atoms with Crippen molar-refractivity contribution in [3.05, 3.63) is 108 Å². The Balaban J connectivity index is 1.71. The predicted octanol–water partition coefficient (Wildman–Crippen LogP) is 6.23. The molecule has 0 bridgehead atoms. The summed E-state index contributed by atoms with van der Waals surface area (Å²) in [5.74, 6) is -0.911. The maximum absolute atomic E-state index is 14.8. The fraction of sp³-hybridized carbons (Fsp3) is 0.259. The molecule has 0 spiro atoms. The van der Waals surface area contributed by atoms with Gasteiger partial charge in [0.15, 0.2) is 0 Å². The molecule has 1 aliphatic heterocycles. The van der Waals surface area contributed by atoms with Gasteiger partial charge in [0, 0.05) is 6.42 Å². The van der Waals surface area contributed by atoms with Crippen molar-refractivity contribution in [1.82, 2.24) is 4.90 Å². The number of alkyl halides is 3. The summed E-state index contributed by atoms with van der Waals surface area (Å²) in [5.41, 5.74) is -1.10. The maximum Gasteiger partial charge on any atom is 0.417 e. The van der Waals surface area contributed by atoms with Gasteiger partial charge in [-0.25, -0.2) is 9.69 Å². The molecule has 176 valence electrons. The summed E-state index contributed by atoms with van der Waals surface area (Å²) in [6.45, 7) is -0.0943. The number of imide groups is 1. The first kappa shape index (κ1) is 23.5. The average Bonchev–Trinajstić information content (AvgIpc) is 3.24. The number of hydrogen-bond donors (Lipinski definition) is 0. The van der Waals surface area contributed by atoms with Gasteiger partial charge < -0.3 is 4.74 Å². The highest BCUT2D eigenvalue weighted by Crippen LogP contribution is 2.48. The number of amides is 2. The number of aryl methyl sites for hydroxylation is 1. The molecule has 4 rings (SSSR count). The van der Waals surface area contributed by atoms with Crippen LogP contribution in [0.1, 0.15) is 35.6 Å². The van der Waals surface area contributed by atoms with Crippen LogP contribution >= 0.6 is 0 Å². The van der Waals surface area contributed by atoms with Gasteiger partial charge in [-0.05, 0) is 29.5 Å². The molecular formula is C27H24F3NO3. The van der Waals surface area contributed by atoms with Crippen LogP contribution in [0.3, 0.4) is 0 Å². The zero-order valence-corrected chi connectivity index (χ0v) is 18.4. The Labute approximate surface area is 196 Å². The minimum Gasteiger partial charge on any atom is -0.446 e. The summed E-state index contributed by atoms with van der Waals surface area (Å²) in [6.07, 6.45) is -6.77. The number of rotatable bonds is 7. The molecule has 1 fully saturated rings. The van der Waals surface area contributed by atoms with Crippen molar-refractivity contribution in [3.8, 4) is 0 Å². The first-order valence-electron chi connectivity index (χ1n) is 11.0. The molecule has 2 atom stereocenters. The summed E-state index contributed by atoms with van der Waals surface area (Å²) >= 11 is 0. The van der Waals surface area contributed by atoms with E-state index in [0.717, 1.165) is 10.5 Å². The van der Waals surface area contributed by atoms with Crippen LogP contribution in [0.15, 0.2) is 91.0 Å². The van der Waals surface area contributed by atoms with Gasteiger partial charge in [0.1, 0.15) is 18.1 Å². The second-order valence-electron chi connectivity index (χ2n) is 8.38. The number of nitrogens with zero attached hydrogens (tertiary/aromatic N) is 1. The molecule has 0 aromatic heterocycles. The van der Waals surface area contributed by atoms with E-state index in [2.05, 4.69) is 0 Å². The SMILES string of the molecule is O=C(C[C@@](CCc1ccccc1)(c1ccccc1)C(F)(F)F)N1C(=O)OC[C@@H]1c1ccccc1. The highest BCUT2D eigenvalue weighted by Gasteiger charge is 2.57. The lowest BCUT2D eigenvalue weighted by molar-refractivity contribution is -0.198. The van der Waals surface area contributed by atoms with Crippen LogP contribution in [0, 0.1) is 0 Å². The van der Waals surface area contributed by atoms with Gasteiger partial charge in [0.05, 0.1) is 0 Å². The van der Waals surface area contributed by atoms with Gasteiger partial charge in [0.2, 0.25) is 5.91 Å². The summed E-state index contributed by atoms with van der Waals surface area (Å²) in [6, 6.07) is 24.3. The molecule has 0 radical (unpaired) electrons. The molecule has 0 aliphatic carbocycles. The van der Waals surface area contributed by atoms with Crippen LogP contribution in [-0.4, -0.2) is 29.7 Å². The molecule has 1 saturated heterocycles. The number of ether oxygens (including phenoxy) is 1. The average molecular weight is 467 g/mol. The van der Waals surface area contributed by atoms with Crippen LogP contribution in [0.4, 0.5) is 18.0 Å². The van der Waals surface area contributed by atoms with E-state index in [1.54, 1.807) is 66.7 Å². The molecule has 1 aliphatic rings. The lowest BCUT2D eigenvalue weighted by Crippen LogP contribution is -2.48. The number of benzene rings is 3. The van der Waals surface area contributed by atoms with E-state index in [4.69, 9.17) is 4.74 Å². The third-order valence-corrected chi connectivity index (χ3v) is 6.33. The largest absolute Gasteiger partial charge is 0.446 e. The van der Waals surface area contributed by atoms with Gasteiger partial charge in [0.25, 0.3) is 0 Å². The number of cyclic esters (lactones) is 1. The predicted molar refractivity (Wildman–Crippen MR) is 121 cm³/mol. The van der Waals surface area contributed by atoms with E-state index in [-0.39, 0.29) is 25.0 Å². The molecule has 3 aromatic carbocycles. The molecule has 0 N–H and O–H groups in total. The Bertz CT molecular complexity index is 1120. The topological polar surface area (TPSA) is 46.6 Å². The van der Waals surface area contributed by atoms with E-state index < -0.39 is 36.1 Å². The molecular weight excluding hydrogens is 443 g/mol. The van der Waals surface area contributed by atoms with Crippen LogP contribution in [0.2, 0.25) is 0 Å². The van der Waals surface area contributed by atoms with Gasteiger partial charge >= 0.3 is 12.3 Å². The third-order valence-electron chi connectivity index (χ3n) is 6.33. The zero-order valence-electron chi connectivity index (χ0n) is 18.4. The Morgan fingerprint density at radius 1 is 0.882 bits per heavy atom. The molecule has 3 aromatic rings. The minimum absolute atomic E-state index is 0.00407. The van der Waals surface area contributed by atoms with E-state index in [0.29, 0.717) is 5.56 Å². The summed E-state index contributed by atoms with van der Waals surface area (Å²) < 4.78 is 49.6. The number of hydrogen-bond acceptors (Lipinski definition) is 3. The number of carbonyl (C=O) groups is 2. The lowest BCUT2D eigenvalue weighted by Gasteiger charge is -2.37. The van der Waals surface area contributed by atoms with Crippen LogP contribution in [-0.2, 0) is 21.4 Å². The second-order valence-corrected chi connectivity index (χ2v) is 8.38. The summed E-state index contributed by atoms with van der Waals surface area (Å²) in [5, 5.41) is 0. The van der Waals surface area contributed by atoms with Crippen molar-refractivity contribution in [1.29, 1.82) is 0 Å². The number of halogens is 3. The fourth-order valence-electron chi connectivity index (χ4n) is 4.46. The molecule has 34 heavy (non-hydrogen) atoms. The molecule has 2 amide bonds. The van der Waals surface area contributed by atoms with Crippen LogP contribution in [0.5, 0.6) is 0 Å². The van der Waals surface area contributed by atoms with Crippen molar-refractivity contribution in [2.75, 3.05) is 6.61 Å². The standard InChI is InChI=1S/C27H24F3NO3/c28-27(29,30)26(22-14-8-3-9-15-22,17-16-20-10-4-1-5-11-20)18-24(32)31-23(19-34-25(31)33)21-12-6-2-7-13-21/h1-15,23H,16-19H2/t23-,26+/m1/s1. The van der Waals surface area contributed by atoms with Gasteiger partial charge in [-0.1, -0.05) is 91.0 Å². The summed E-state index contributed by atoms with van der Waals surface area (Å²) in [7, 11) is 0. The third kappa shape index (κ3) is 4.69. The van der Waals surface area contributed by atoms with Crippen molar-refractivity contribution in [2.45, 2.75) is 36.9 Å². The summed E-state index contributed by atoms with van der Waals surface area (Å²) in [4.78, 5) is 26.7. The Kier molecular flexibility index (Phi) is 6.72. The van der Waals surface area contributed by atoms with Crippen LogP contribution < -0.4 is 0 Å². The smallest absolute Gasteiger partial charge is 0.417 e. The molecule has 0 unspecified atom stereocenters. The van der Waals surface area contributed by atoms with Gasteiger partial charge in [-0.15, -0.1) is 0 Å². The first-order valence-corrected chi connectivity index (χ1v) is 11.0. The van der Waals surface area contributed by atoms with Gasteiger partial charge in [-0.3, -0.25) is 4.79 Å².